The molecule has 4 aromatic rings. The highest BCUT2D eigenvalue weighted by atomic mass is 19.1. The fraction of sp³-hybridized carbons (Fsp3) is 0.100. The summed E-state index contributed by atoms with van der Waals surface area (Å²) in [6.07, 6.45) is 0. The van der Waals surface area contributed by atoms with E-state index in [1.807, 2.05) is 0 Å². The summed E-state index contributed by atoms with van der Waals surface area (Å²) in [5, 5.41) is 0.738. The minimum atomic E-state index is -0.807. The number of methoxy groups -OCH3 is 1. The van der Waals surface area contributed by atoms with E-state index in [1.54, 1.807) is 7.05 Å². The number of ether oxygens (including phenoxy) is 2. The van der Waals surface area contributed by atoms with Crippen molar-refractivity contribution in [2.75, 3.05) is 7.11 Å². The van der Waals surface area contributed by atoms with E-state index < -0.39 is 23.6 Å². The summed E-state index contributed by atoms with van der Waals surface area (Å²) in [5.41, 5.74) is 1.07. The lowest BCUT2D eigenvalue weighted by atomic mass is 10.2. The molecule has 28 heavy (non-hydrogen) atoms. The van der Waals surface area contributed by atoms with Gasteiger partial charge in [0.2, 0.25) is 0 Å². The molecular weight excluding hydrogens is 370 g/mol. The van der Waals surface area contributed by atoms with Crippen molar-refractivity contribution in [2.24, 2.45) is 7.05 Å². The Morgan fingerprint density at radius 3 is 2.46 bits per heavy atom. The number of rotatable bonds is 3. The van der Waals surface area contributed by atoms with Gasteiger partial charge in [0, 0.05) is 23.3 Å². The van der Waals surface area contributed by atoms with Gasteiger partial charge in [-0.05, 0) is 42.5 Å². The Morgan fingerprint density at radius 2 is 1.71 bits per heavy atom. The molecule has 0 aliphatic heterocycles. The first-order valence-corrected chi connectivity index (χ1v) is 8.25. The lowest BCUT2D eigenvalue weighted by molar-refractivity contribution is 0.0582. The van der Waals surface area contributed by atoms with Crippen LogP contribution in [0.2, 0.25) is 0 Å². The number of carbonyl (C=O) groups is 2. The summed E-state index contributed by atoms with van der Waals surface area (Å²) in [6.45, 7) is 0. The first-order valence-electron chi connectivity index (χ1n) is 8.25. The number of carbonyl (C=O) groups excluding carboxylic acids is 2. The minimum Gasteiger partial charge on any atom is -0.464 e. The van der Waals surface area contributed by atoms with Crippen molar-refractivity contribution in [3.63, 3.8) is 0 Å². The van der Waals surface area contributed by atoms with Gasteiger partial charge in [0.25, 0.3) is 0 Å². The summed E-state index contributed by atoms with van der Waals surface area (Å²) in [4.78, 5) is 27.7. The Kier molecular flexibility index (Phi) is 4.11. The average molecular weight is 384 g/mol. The third-order valence-corrected chi connectivity index (χ3v) is 4.49. The van der Waals surface area contributed by atoms with Gasteiger partial charge in [-0.25, -0.2) is 18.4 Å². The highest BCUT2D eigenvalue weighted by molar-refractivity contribution is 6.04. The molecule has 6 nitrogen and oxygen atoms in total. The van der Waals surface area contributed by atoms with Crippen molar-refractivity contribution in [2.45, 2.75) is 0 Å². The second kappa shape index (κ2) is 6.49. The molecule has 0 aliphatic rings. The van der Waals surface area contributed by atoms with Crippen LogP contribution in [0.15, 0.2) is 42.5 Å². The van der Waals surface area contributed by atoms with Crippen molar-refractivity contribution in [1.82, 2.24) is 9.55 Å². The maximum atomic E-state index is 13.8. The third kappa shape index (κ3) is 2.79. The number of nitrogens with one attached hydrogen (secondary N) is 1. The quantitative estimate of drug-likeness (QED) is 0.543. The Balaban J connectivity index is 1.82. The van der Waals surface area contributed by atoms with Crippen LogP contribution < -0.4 is 4.74 Å². The number of aromatic amines is 1. The predicted octanol–water partition coefficient (Wildman–Crippen LogP) is 3.94. The summed E-state index contributed by atoms with van der Waals surface area (Å²) in [6, 6.07) is 9.35. The molecule has 0 radical (unpaired) electrons. The van der Waals surface area contributed by atoms with E-state index in [4.69, 9.17) is 9.47 Å². The molecule has 0 atom stereocenters. The molecular formula is C20H14F2N2O4. The van der Waals surface area contributed by atoms with Gasteiger partial charge < -0.3 is 19.0 Å². The van der Waals surface area contributed by atoms with Gasteiger partial charge in [-0.1, -0.05) is 0 Å². The molecule has 8 heteroatoms. The molecule has 1 N–H and O–H groups in total. The van der Waals surface area contributed by atoms with Crippen LogP contribution in [-0.2, 0) is 11.8 Å². The minimum absolute atomic E-state index is 0.0291. The molecule has 0 fully saturated rings. The zero-order valence-corrected chi connectivity index (χ0v) is 14.9. The van der Waals surface area contributed by atoms with E-state index in [0.29, 0.717) is 16.4 Å². The smallest absolute Gasteiger partial charge is 0.360 e. The lowest BCUT2D eigenvalue weighted by Gasteiger charge is -2.06. The Morgan fingerprint density at radius 1 is 1.00 bits per heavy atom. The van der Waals surface area contributed by atoms with E-state index in [2.05, 4.69) is 4.98 Å². The molecule has 0 spiro atoms. The largest absolute Gasteiger partial charge is 0.464 e. The summed E-state index contributed by atoms with van der Waals surface area (Å²) in [7, 11) is 2.77. The number of H-pyrrole nitrogens is 1. The number of nitrogens with zero attached hydrogens (tertiary/aromatic N) is 1. The molecule has 2 aromatic carbocycles. The molecule has 0 bridgehead atoms. The molecule has 0 saturated heterocycles. The zero-order valence-electron chi connectivity index (χ0n) is 14.9. The van der Waals surface area contributed by atoms with E-state index in [1.165, 1.54) is 54.1 Å². The Labute approximate surface area is 157 Å². The summed E-state index contributed by atoms with van der Waals surface area (Å²) >= 11 is 0. The van der Waals surface area contributed by atoms with Gasteiger partial charge in [-0.2, -0.15) is 0 Å². The van der Waals surface area contributed by atoms with Gasteiger partial charge in [-0.3, -0.25) is 0 Å². The highest BCUT2D eigenvalue weighted by Gasteiger charge is 2.26. The molecule has 2 aromatic heterocycles. The topological polar surface area (TPSA) is 73.3 Å². The highest BCUT2D eigenvalue weighted by Crippen LogP contribution is 2.34. The van der Waals surface area contributed by atoms with Crippen LogP contribution in [-0.4, -0.2) is 28.6 Å². The third-order valence-electron chi connectivity index (χ3n) is 4.49. The first-order chi connectivity index (χ1) is 13.4. The van der Waals surface area contributed by atoms with Gasteiger partial charge in [0.05, 0.1) is 12.6 Å². The van der Waals surface area contributed by atoms with Crippen LogP contribution in [0.1, 0.15) is 21.0 Å². The van der Waals surface area contributed by atoms with Crippen LogP contribution in [0.3, 0.4) is 0 Å². The number of fused-ring (bicyclic) bond motifs is 2. The molecule has 0 unspecified atom stereocenters. The molecule has 4 rings (SSSR count). The predicted molar refractivity (Wildman–Crippen MR) is 97.4 cm³/mol. The number of aryl methyl sites for hydroxylation is 1. The van der Waals surface area contributed by atoms with Gasteiger partial charge >= 0.3 is 11.9 Å². The second-order valence-electron chi connectivity index (χ2n) is 6.19. The number of esters is 2. The normalized spacial score (nSPS) is 11.1. The Bertz CT molecular complexity index is 1260. The molecule has 142 valence electrons. The van der Waals surface area contributed by atoms with Crippen LogP contribution in [0.4, 0.5) is 8.78 Å². The number of aromatic nitrogens is 2. The van der Waals surface area contributed by atoms with Crippen molar-refractivity contribution >= 4 is 33.7 Å². The average Bonchev–Trinajstić information content (AvgIpc) is 3.20. The molecule has 0 amide bonds. The van der Waals surface area contributed by atoms with E-state index in [-0.39, 0.29) is 22.5 Å². The summed E-state index contributed by atoms with van der Waals surface area (Å²) in [5.74, 6) is -2.64. The van der Waals surface area contributed by atoms with Gasteiger partial charge in [0.1, 0.15) is 17.3 Å². The zero-order chi connectivity index (χ0) is 20.0. The maximum Gasteiger partial charge on any atom is 0.360 e. The van der Waals surface area contributed by atoms with Crippen LogP contribution in [0.25, 0.3) is 21.8 Å². The standard InChI is InChI=1S/C20H14F2N2O4/c1-24-16-6-4-12(22)9-13(16)18(17(24)20(26)27-2)28-19(25)15-8-10-7-11(21)3-5-14(10)23-15/h3-9,23H,1-2H3. The van der Waals surface area contributed by atoms with Crippen molar-refractivity contribution < 1.29 is 27.8 Å². The van der Waals surface area contributed by atoms with Gasteiger partial charge in [0.15, 0.2) is 11.4 Å². The number of halogens is 2. The molecule has 0 saturated carbocycles. The SMILES string of the molecule is COC(=O)c1c(OC(=O)c2cc3cc(F)ccc3[nH]2)c2cc(F)ccc2n1C. The number of hydrogen-bond acceptors (Lipinski definition) is 4. The van der Waals surface area contributed by atoms with Crippen molar-refractivity contribution in [1.29, 1.82) is 0 Å². The van der Waals surface area contributed by atoms with E-state index in [0.717, 1.165) is 0 Å². The maximum absolute atomic E-state index is 13.8. The number of hydrogen-bond donors (Lipinski definition) is 1. The van der Waals surface area contributed by atoms with Crippen LogP contribution >= 0.6 is 0 Å². The van der Waals surface area contributed by atoms with Gasteiger partial charge in [-0.15, -0.1) is 0 Å². The monoisotopic (exact) mass is 384 g/mol. The lowest BCUT2D eigenvalue weighted by Crippen LogP contribution is -2.14. The van der Waals surface area contributed by atoms with Crippen LogP contribution in [0, 0.1) is 11.6 Å². The van der Waals surface area contributed by atoms with Crippen LogP contribution in [0.5, 0.6) is 5.75 Å². The van der Waals surface area contributed by atoms with E-state index >= 15 is 0 Å². The van der Waals surface area contributed by atoms with E-state index in [9.17, 15) is 18.4 Å². The summed E-state index contributed by atoms with van der Waals surface area (Å²) < 4.78 is 38.8. The fourth-order valence-electron chi connectivity index (χ4n) is 3.17. The Hall–Kier alpha value is -3.68. The number of benzene rings is 2. The van der Waals surface area contributed by atoms with Crippen molar-refractivity contribution in [3.8, 4) is 5.75 Å². The molecule has 0 aliphatic carbocycles. The first kappa shape index (κ1) is 17.7. The second-order valence-corrected chi connectivity index (χ2v) is 6.19. The molecule has 2 heterocycles. The van der Waals surface area contributed by atoms with Crippen molar-refractivity contribution in [3.05, 3.63) is 65.5 Å². The fourth-order valence-corrected chi connectivity index (χ4v) is 3.17.